The predicted molar refractivity (Wildman–Crippen MR) is 299 cm³/mol. The number of rotatable bonds is 8. The van der Waals surface area contributed by atoms with E-state index in [9.17, 15) is 0 Å². The summed E-state index contributed by atoms with van der Waals surface area (Å²) < 4.78 is 7.73. The van der Waals surface area contributed by atoms with Crippen LogP contribution in [-0.2, 0) is 0 Å². The molecule has 14 rings (SSSR count). The van der Waals surface area contributed by atoms with E-state index in [1.165, 1.54) is 91.9 Å². The number of hydrogen-bond donors (Lipinski definition) is 0. The van der Waals surface area contributed by atoms with Crippen molar-refractivity contribution in [2.24, 2.45) is 0 Å². The molecule has 328 valence electrons. The summed E-state index contributed by atoms with van der Waals surface area (Å²) in [6.07, 6.45) is 0. The van der Waals surface area contributed by atoms with Crippen LogP contribution in [0.25, 0.3) is 93.6 Å². The maximum atomic E-state index is 2.65. The maximum Gasteiger partial charge on any atom is 0.184 e. The molecule has 0 aliphatic heterocycles. The average molecular weight is 908 g/mol. The number of fused-ring (bicyclic) bond motifs is 9. The fourth-order valence-electron chi connectivity index (χ4n) is 11.9. The zero-order valence-electron chi connectivity index (χ0n) is 38.3. The smallest absolute Gasteiger partial charge is 0.184 e. The Morgan fingerprint density at radius 3 is 1.19 bits per heavy atom. The second-order valence-electron chi connectivity index (χ2n) is 18.4. The van der Waals surface area contributed by atoms with Gasteiger partial charge in [-0.25, -0.2) is 0 Å². The van der Waals surface area contributed by atoms with Crippen LogP contribution in [0.15, 0.2) is 273 Å². The normalized spacial score (nSPS) is 12.0. The molecule has 70 heavy (non-hydrogen) atoms. The first-order valence-electron chi connectivity index (χ1n) is 24.2. The van der Waals surface area contributed by atoms with Crippen LogP contribution in [-0.4, -0.2) is 21.8 Å². The van der Waals surface area contributed by atoms with E-state index in [1.54, 1.807) is 0 Å². The zero-order valence-corrected chi connectivity index (χ0v) is 39.3. The molecule has 3 aromatic heterocycles. The van der Waals surface area contributed by atoms with Gasteiger partial charge < -0.3 is 13.7 Å². The minimum absolute atomic E-state index is 1.12. The van der Waals surface area contributed by atoms with Crippen LogP contribution in [0, 0.1) is 0 Å². The first kappa shape index (κ1) is 40.1. The fraction of sp³-hybridized carbons (Fsp3) is 0. The quantitative estimate of drug-likeness (QED) is 0.107. The van der Waals surface area contributed by atoms with Crippen molar-refractivity contribution in [1.29, 1.82) is 0 Å². The Labute approximate surface area is 407 Å². The maximum absolute atomic E-state index is 3.34. The Morgan fingerprint density at radius 2 is 0.643 bits per heavy atom. The Hall–Kier alpha value is -8.96. The summed E-state index contributed by atoms with van der Waals surface area (Å²) in [6, 6.07) is 102. The molecule has 0 saturated carbocycles. The van der Waals surface area contributed by atoms with Gasteiger partial charge in [-0.15, -0.1) is 0 Å². The molecule has 0 unspecified atom stereocenters. The lowest BCUT2D eigenvalue weighted by Gasteiger charge is -2.37. The van der Waals surface area contributed by atoms with Gasteiger partial charge >= 0.3 is 0 Å². The molecule has 0 aliphatic rings. The molecule has 0 N–H and O–H groups in total. The van der Waals surface area contributed by atoms with Crippen molar-refractivity contribution in [2.45, 2.75) is 0 Å². The number of para-hydroxylation sites is 5. The molecular weight excluding hydrogens is 863 g/mol. The average Bonchev–Trinajstić information content (AvgIpc) is 4.09. The van der Waals surface area contributed by atoms with Gasteiger partial charge in [-0.3, -0.25) is 0 Å². The van der Waals surface area contributed by atoms with Gasteiger partial charge in [0.25, 0.3) is 0 Å². The Kier molecular flexibility index (Phi) is 9.23. The van der Waals surface area contributed by atoms with Crippen molar-refractivity contribution < 1.29 is 0 Å². The van der Waals surface area contributed by atoms with Crippen LogP contribution in [0.5, 0.6) is 0 Å². The van der Waals surface area contributed by atoms with Crippen molar-refractivity contribution >= 4 is 94.2 Å². The first-order chi connectivity index (χ1) is 34.8. The van der Waals surface area contributed by atoms with Crippen LogP contribution in [0.1, 0.15) is 0 Å². The summed E-state index contributed by atoms with van der Waals surface area (Å²) >= 11 is 0. The highest BCUT2D eigenvalue weighted by Crippen LogP contribution is 2.42. The van der Waals surface area contributed by atoms with Gasteiger partial charge in [0.1, 0.15) is 0 Å². The lowest BCUT2D eigenvalue weighted by Crippen LogP contribution is -2.75. The molecule has 0 aliphatic carbocycles. The summed E-state index contributed by atoms with van der Waals surface area (Å²) in [6.45, 7) is 0. The highest BCUT2D eigenvalue weighted by atomic mass is 28.3. The highest BCUT2D eigenvalue weighted by Gasteiger charge is 2.46. The third kappa shape index (κ3) is 5.87. The SMILES string of the molecule is c1ccc(-c2cccc(-n3c4ccccc4c4cccc(-n5c6ccccc6c6ccc(-n7c8ccccc8c8ccccc87)c([Si](c7ccccc7)(c7ccccc7)c7ccccc7)c65)c43)c2)cc1. The van der Waals surface area contributed by atoms with Crippen molar-refractivity contribution in [3.8, 4) is 28.2 Å². The van der Waals surface area contributed by atoms with E-state index < -0.39 is 8.07 Å². The number of nitrogens with zero attached hydrogens (tertiary/aromatic N) is 3. The van der Waals surface area contributed by atoms with Gasteiger partial charge in [-0.05, 0) is 75.2 Å². The minimum Gasteiger partial charge on any atom is -0.309 e. The third-order valence-corrected chi connectivity index (χ3v) is 19.6. The first-order valence-corrected chi connectivity index (χ1v) is 26.2. The largest absolute Gasteiger partial charge is 0.309 e. The molecule has 11 aromatic carbocycles. The number of hydrogen-bond acceptors (Lipinski definition) is 0. The van der Waals surface area contributed by atoms with Gasteiger partial charge in [0.15, 0.2) is 8.07 Å². The fourth-order valence-corrected chi connectivity index (χ4v) is 17.1. The van der Waals surface area contributed by atoms with Crippen molar-refractivity contribution in [3.63, 3.8) is 0 Å². The Morgan fingerprint density at radius 1 is 0.243 bits per heavy atom. The van der Waals surface area contributed by atoms with Gasteiger partial charge in [0, 0.05) is 48.9 Å². The summed E-state index contributed by atoms with van der Waals surface area (Å²) in [5.41, 5.74) is 12.9. The van der Waals surface area contributed by atoms with Crippen molar-refractivity contribution in [2.75, 3.05) is 0 Å². The van der Waals surface area contributed by atoms with E-state index in [0.717, 1.165) is 22.4 Å². The molecule has 0 fully saturated rings. The second-order valence-corrected chi connectivity index (χ2v) is 22.1. The molecular formula is C66H45N3Si. The van der Waals surface area contributed by atoms with E-state index in [0.29, 0.717) is 0 Å². The lowest BCUT2D eigenvalue weighted by atomic mass is 10.1. The highest BCUT2D eigenvalue weighted by molar-refractivity contribution is 7.21. The second kappa shape index (κ2) is 16.1. The molecule has 0 amide bonds. The van der Waals surface area contributed by atoms with Gasteiger partial charge in [0.05, 0.1) is 38.8 Å². The third-order valence-electron chi connectivity index (χ3n) is 14.8. The molecule has 0 atom stereocenters. The summed E-state index contributed by atoms with van der Waals surface area (Å²) in [4.78, 5) is 0. The molecule has 3 heterocycles. The van der Waals surface area contributed by atoms with E-state index in [1.807, 2.05) is 0 Å². The van der Waals surface area contributed by atoms with Crippen molar-refractivity contribution in [3.05, 3.63) is 273 Å². The predicted octanol–water partition coefficient (Wildman–Crippen LogP) is 14.0. The monoisotopic (exact) mass is 907 g/mol. The molecule has 0 bridgehead atoms. The Bertz CT molecular complexity index is 4130. The molecule has 3 nitrogen and oxygen atoms in total. The molecule has 0 saturated heterocycles. The van der Waals surface area contributed by atoms with Crippen LogP contribution in [0.4, 0.5) is 0 Å². The topological polar surface area (TPSA) is 14.8 Å². The van der Waals surface area contributed by atoms with E-state index in [2.05, 4.69) is 287 Å². The van der Waals surface area contributed by atoms with Crippen LogP contribution in [0.3, 0.4) is 0 Å². The summed E-state index contributed by atoms with van der Waals surface area (Å²) in [5.74, 6) is 0. The molecule has 14 aromatic rings. The number of benzene rings is 11. The molecule has 4 heteroatoms. The van der Waals surface area contributed by atoms with Crippen LogP contribution < -0.4 is 20.7 Å². The van der Waals surface area contributed by atoms with Gasteiger partial charge in [-0.1, -0.05) is 224 Å². The van der Waals surface area contributed by atoms with E-state index in [-0.39, 0.29) is 0 Å². The van der Waals surface area contributed by atoms with E-state index in [4.69, 9.17) is 0 Å². The minimum atomic E-state index is -3.34. The summed E-state index contributed by atoms with van der Waals surface area (Å²) in [5, 5.41) is 12.7. The molecule has 0 spiro atoms. The number of aromatic nitrogens is 3. The van der Waals surface area contributed by atoms with Crippen molar-refractivity contribution in [1.82, 2.24) is 13.7 Å². The van der Waals surface area contributed by atoms with Crippen LogP contribution in [0.2, 0.25) is 0 Å². The standard InChI is InChI=1S/C66H45N3Si/c1-5-23-46(24-6-1)47-25-21-26-48(45-47)67-58-38-17-15-35-54(58)56-37-22-42-62(64(56)67)69-61-41-20-16-36-55(61)57-43-44-63(68-59-39-18-13-33-52(59)53-34-14-19-40-60(53)68)66(65(57)69)70(49-27-7-2-8-28-49,50-29-9-3-10-30-50)51-31-11-4-12-32-51/h1-45H. The Balaban J connectivity index is 1.23. The van der Waals surface area contributed by atoms with E-state index >= 15 is 0 Å². The van der Waals surface area contributed by atoms with Gasteiger partial charge in [-0.2, -0.15) is 0 Å². The van der Waals surface area contributed by atoms with Crippen LogP contribution >= 0.6 is 0 Å². The summed E-state index contributed by atoms with van der Waals surface area (Å²) in [7, 11) is -3.34. The lowest BCUT2D eigenvalue weighted by molar-refractivity contribution is 1.13. The van der Waals surface area contributed by atoms with Gasteiger partial charge in [0.2, 0.25) is 0 Å². The zero-order chi connectivity index (χ0) is 46.2. The molecule has 0 radical (unpaired) electrons.